The van der Waals surface area contributed by atoms with Gasteiger partial charge in [0.15, 0.2) is 0 Å². The van der Waals surface area contributed by atoms with E-state index in [4.69, 9.17) is 0 Å². The highest BCUT2D eigenvalue weighted by Gasteiger charge is 2.45. The summed E-state index contributed by atoms with van der Waals surface area (Å²) >= 11 is 0. The van der Waals surface area contributed by atoms with Crippen LogP contribution in [0.3, 0.4) is 0 Å². The fourth-order valence-corrected chi connectivity index (χ4v) is 27.9. The van der Waals surface area contributed by atoms with Crippen LogP contribution in [0.25, 0.3) is 265 Å². The number of nitrogens with zero attached hydrogens (tertiary/aromatic N) is 4. The maximum absolute atomic E-state index is 2.67. The van der Waals surface area contributed by atoms with Gasteiger partial charge in [0.1, 0.15) is 0 Å². The number of rotatable bonds is 6. The number of para-hydroxylation sites is 4. The molecule has 4 nitrogen and oxygen atoms in total. The van der Waals surface area contributed by atoms with Crippen LogP contribution in [0.4, 0.5) is 0 Å². The average Bonchev–Trinajstić information content (AvgIpc) is 1.52. The first-order valence-corrected chi connectivity index (χ1v) is 52.0. The molecule has 0 saturated heterocycles. The first-order chi connectivity index (χ1) is 73.5. The number of benzene rings is 24. The fraction of sp³-hybridized carbons (Fsp3) is 0. The Morgan fingerprint density at radius 3 is 0.655 bits per heavy atom. The van der Waals surface area contributed by atoms with Crippen LogP contribution in [0.15, 0.2) is 510 Å². The van der Waals surface area contributed by atoms with Gasteiger partial charge in [0.05, 0.1) is 0 Å². The van der Waals surface area contributed by atoms with E-state index in [0.717, 1.165) is 0 Å². The van der Waals surface area contributed by atoms with Gasteiger partial charge in [-0.15, -0.1) is 0 Å². The Kier molecular flexibility index (Phi) is 17.3. The van der Waals surface area contributed by atoms with E-state index >= 15 is 0 Å². The van der Waals surface area contributed by atoms with E-state index in [1.165, 1.54) is 308 Å². The molecule has 676 valence electrons. The maximum atomic E-state index is 2.67. The lowest BCUT2D eigenvalue weighted by molar-refractivity contribution is 1.31. The molecule has 0 spiro atoms. The van der Waals surface area contributed by atoms with Gasteiger partial charge in [-0.2, -0.15) is 0 Å². The zero-order chi connectivity index (χ0) is 96.3. The summed E-state index contributed by atoms with van der Waals surface area (Å²) in [6, 6.07) is 189. The Morgan fingerprint density at radius 1 is 0.101 bits per heavy atom. The van der Waals surface area contributed by atoms with Crippen molar-refractivity contribution >= 4 is 180 Å². The molecule has 12 heterocycles. The summed E-state index contributed by atoms with van der Waals surface area (Å²) in [5.74, 6) is 0. The molecular weight excluding hydrogens is 1780 g/mol. The minimum absolute atomic E-state index is 0.138. The van der Waals surface area contributed by atoms with Crippen molar-refractivity contribution in [3.8, 4) is 156 Å². The van der Waals surface area contributed by atoms with E-state index in [-0.39, 0.29) is 27.4 Å². The summed E-state index contributed by atoms with van der Waals surface area (Å²) < 4.78 is 10.5. The Bertz CT molecular complexity index is 10200. The SMILES string of the molecule is c1ccc(-c2cc3c4c(c2)c2cc(-c5ccccc5)cc5c2n4B(c2ccccc2-3)c2ccccc2-5)cc1.c1ccc(-c2cccc(-c3ccc4c(c3)B3c5ccccc5-c5cccc6c7cccc-4c7n3c56)c2)cc1.c1ccc2c(c1)B1c3ccccc3-c3cc(-c4cccc5ccccc45)cc4c5cc(-c6cccc7ccccc67)cc-2c5n1c34.c1ccc2c(c1)B1c3ccccc3-c3cccc4c5cccc-2c5n1c34. The Labute approximate surface area is 856 Å². The van der Waals surface area contributed by atoms with E-state index in [2.05, 4.69) is 527 Å². The maximum Gasteiger partial charge on any atom is 0.329 e. The average molecular weight is 1870 g/mol. The quantitative estimate of drug-likeness (QED) is 0.148. The summed E-state index contributed by atoms with van der Waals surface area (Å²) in [4.78, 5) is 0. The van der Waals surface area contributed by atoms with Crippen LogP contribution in [0, 0.1) is 0 Å². The van der Waals surface area contributed by atoms with Crippen molar-refractivity contribution in [2.24, 2.45) is 0 Å². The second-order valence-electron chi connectivity index (χ2n) is 41.2. The van der Waals surface area contributed by atoms with Crippen LogP contribution < -0.4 is 43.7 Å². The van der Waals surface area contributed by atoms with E-state index in [1.807, 2.05) is 0 Å². The van der Waals surface area contributed by atoms with Crippen LogP contribution in [0.5, 0.6) is 0 Å². The summed E-state index contributed by atoms with van der Waals surface area (Å²) in [6.07, 6.45) is 0. The minimum Gasteiger partial charge on any atom is -0.375 e. The molecule has 36 rings (SSSR count). The van der Waals surface area contributed by atoms with Crippen molar-refractivity contribution in [1.29, 1.82) is 0 Å². The monoisotopic (exact) mass is 1860 g/mol. The molecule has 0 N–H and O–H groups in total. The lowest BCUT2D eigenvalue weighted by atomic mass is 9.45. The summed E-state index contributed by atoms with van der Waals surface area (Å²) in [5, 5.41) is 15.9. The molecule has 148 heavy (non-hydrogen) atoms. The largest absolute Gasteiger partial charge is 0.375 e. The second kappa shape index (κ2) is 31.4. The van der Waals surface area contributed by atoms with Gasteiger partial charge in [-0.3, -0.25) is 0 Å². The molecule has 0 amide bonds. The van der Waals surface area contributed by atoms with Crippen molar-refractivity contribution in [3.63, 3.8) is 0 Å². The molecule has 0 unspecified atom stereocenters. The topological polar surface area (TPSA) is 19.7 Å². The molecule has 4 aromatic heterocycles. The molecule has 0 bridgehead atoms. The normalized spacial score (nSPS) is 12.8. The van der Waals surface area contributed by atoms with Crippen LogP contribution in [0.2, 0.25) is 0 Å². The Balaban J connectivity index is 0.0000000872. The second-order valence-corrected chi connectivity index (χ2v) is 41.2. The van der Waals surface area contributed by atoms with E-state index in [1.54, 1.807) is 0 Å². The first kappa shape index (κ1) is 81.8. The Morgan fingerprint density at radius 2 is 0.311 bits per heavy atom. The van der Waals surface area contributed by atoms with Gasteiger partial charge in [-0.05, 0) is 231 Å². The molecule has 8 heteroatoms. The third-order valence-corrected chi connectivity index (χ3v) is 33.9. The standard InChI is InChI=1S/C44H26BN.2C36H22BN.C24H14BN/c1-3-15-31-27(11-1)13-9-19-33(31)29-23-37-35-17-5-7-21-41(35)45-42-22-8-6-18-36(42)38-24-30(26-40-39(25-29)43(37)46(45)44(38)40)34-20-10-14-28-12-2-4-16-32(28)34;1-3-11-23(12-4-1)25-19-29-27-15-7-9-17-33(27)37-34-18-10-8-16-28(34)30-20-26(24-13-5-2-6-14-24)22-32-31(21-25)35(29)38(37)36(30)32;1-2-9-23(10-3-1)24-11-6-12-25(21-24)26-19-20-28-30-15-8-17-32-31-16-7-14-29-27-13-4-5-18-33(27)37(34(28)22-26)38(35(29)31)36(30)32;1-3-13-21-15(7-1)17-9-5-11-19-20-12-6-10-18-16-8-2-4-14-22(16)25(21)26(23(17)19)24(18)20/h1-26H;2*1-22H;1-14H. The van der Waals surface area contributed by atoms with Crippen LogP contribution in [-0.4, -0.2) is 45.3 Å². The summed E-state index contributed by atoms with van der Waals surface area (Å²) in [5.41, 5.74) is 58.6. The highest BCUT2D eigenvalue weighted by molar-refractivity contribution is 6.91. The Hall–Kier alpha value is -18.7. The first-order valence-electron chi connectivity index (χ1n) is 52.0. The van der Waals surface area contributed by atoms with Crippen LogP contribution in [0.1, 0.15) is 0 Å². The number of aromatic nitrogens is 4. The molecule has 24 aromatic carbocycles. The molecule has 0 aliphatic carbocycles. The lowest BCUT2D eigenvalue weighted by Crippen LogP contribution is -2.53. The predicted octanol–water partition coefficient (Wildman–Crippen LogP) is 29.9. The summed E-state index contributed by atoms with van der Waals surface area (Å²) in [7, 11) is 0. The van der Waals surface area contributed by atoms with Crippen molar-refractivity contribution in [2.75, 3.05) is 0 Å². The highest BCUT2D eigenvalue weighted by atomic mass is 15.0. The number of hydrogen-bond donors (Lipinski definition) is 0. The molecule has 0 fully saturated rings. The molecule has 0 radical (unpaired) electrons. The summed E-state index contributed by atoms with van der Waals surface area (Å²) in [6.45, 7) is 0.724. The third kappa shape index (κ3) is 11.5. The fourth-order valence-electron chi connectivity index (χ4n) is 27.9. The molecule has 28 aromatic rings. The van der Waals surface area contributed by atoms with E-state index in [9.17, 15) is 0 Å². The number of hydrogen-bond acceptors (Lipinski definition) is 0. The van der Waals surface area contributed by atoms with Crippen molar-refractivity contribution < 1.29 is 0 Å². The molecular formula is C140H84B4N4. The minimum atomic E-state index is 0.138. The van der Waals surface area contributed by atoms with Gasteiger partial charge in [0.25, 0.3) is 0 Å². The zero-order valence-electron chi connectivity index (χ0n) is 80.6. The highest BCUT2D eigenvalue weighted by Crippen LogP contribution is 2.54. The molecule has 8 aliphatic heterocycles. The van der Waals surface area contributed by atoms with E-state index in [0.29, 0.717) is 0 Å². The smallest absolute Gasteiger partial charge is 0.329 e. The van der Waals surface area contributed by atoms with Crippen LogP contribution >= 0.6 is 0 Å². The van der Waals surface area contributed by atoms with Gasteiger partial charge < -0.3 is 17.9 Å². The third-order valence-electron chi connectivity index (χ3n) is 33.9. The predicted molar refractivity (Wildman–Crippen MR) is 631 cm³/mol. The van der Waals surface area contributed by atoms with Crippen molar-refractivity contribution in [1.82, 2.24) is 17.9 Å². The van der Waals surface area contributed by atoms with Gasteiger partial charge in [-0.25, -0.2) is 0 Å². The van der Waals surface area contributed by atoms with Crippen molar-refractivity contribution in [3.05, 3.63) is 510 Å². The van der Waals surface area contributed by atoms with Crippen molar-refractivity contribution in [2.45, 2.75) is 0 Å². The van der Waals surface area contributed by atoms with Gasteiger partial charge >= 0.3 is 27.4 Å². The van der Waals surface area contributed by atoms with E-state index < -0.39 is 0 Å². The van der Waals surface area contributed by atoms with Gasteiger partial charge in [0.2, 0.25) is 0 Å². The molecule has 8 aliphatic rings. The molecule has 0 saturated carbocycles. The molecule has 0 atom stereocenters. The number of fused-ring (bicyclic) bond motifs is 30. The lowest BCUT2D eigenvalue weighted by Gasteiger charge is -2.32. The van der Waals surface area contributed by atoms with Gasteiger partial charge in [0, 0.05) is 132 Å². The van der Waals surface area contributed by atoms with Crippen LogP contribution in [-0.2, 0) is 0 Å². The van der Waals surface area contributed by atoms with Gasteiger partial charge in [-0.1, -0.05) is 455 Å². The zero-order valence-corrected chi connectivity index (χ0v) is 80.6.